The van der Waals surface area contributed by atoms with Gasteiger partial charge in [-0.3, -0.25) is 0 Å². The Morgan fingerprint density at radius 3 is 1.87 bits per heavy atom. The van der Waals surface area contributed by atoms with Gasteiger partial charge < -0.3 is 0 Å². The van der Waals surface area contributed by atoms with Crippen LogP contribution in [-0.4, -0.2) is 0 Å². The van der Waals surface area contributed by atoms with E-state index in [0.29, 0.717) is 0 Å². The summed E-state index contributed by atoms with van der Waals surface area (Å²) in [6, 6.07) is 0. The molecule has 3 saturated carbocycles. The van der Waals surface area contributed by atoms with E-state index in [1.807, 2.05) is 0 Å². The summed E-state index contributed by atoms with van der Waals surface area (Å²) in [7, 11) is 0. The minimum absolute atomic E-state index is 1.09. The lowest BCUT2D eigenvalue weighted by Crippen LogP contribution is -2.42. The van der Waals surface area contributed by atoms with Crippen molar-refractivity contribution in [3.8, 4) is 0 Å². The van der Waals surface area contributed by atoms with E-state index in [1.54, 1.807) is 51.4 Å². The third kappa shape index (κ3) is 1.74. The van der Waals surface area contributed by atoms with Gasteiger partial charge >= 0.3 is 0 Å². The van der Waals surface area contributed by atoms with Crippen LogP contribution in [0.4, 0.5) is 0 Å². The number of rotatable bonds is 1. The van der Waals surface area contributed by atoms with Crippen molar-refractivity contribution in [3.63, 3.8) is 0 Å². The smallest absolute Gasteiger partial charge is 0.0329 e. The van der Waals surface area contributed by atoms with Gasteiger partial charge in [-0.25, -0.2) is 0 Å². The first-order chi connectivity index (χ1) is 7.38. The SMILES string of the molecule is CCC1CC2CCCC3CCCC(C1)C32. The van der Waals surface area contributed by atoms with Gasteiger partial charge in [-0.05, 0) is 42.4 Å². The molecule has 0 N–H and O–H groups in total. The molecule has 3 aliphatic carbocycles. The maximum absolute atomic E-state index is 2.41. The minimum atomic E-state index is 1.09. The predicted molar refractivity (Wildman–Crippen MR) is 64.7 cm³/mol. The van der Waals surface area contributed by atoms with Gasteiger partial charge in [0.2, 0.25) is 0 Å². The second kappa shape index (κ2) is 4.11. The van der Waals surface area contributed by atoms with Crippen LogP contribution in [-0.2, 0) is 0 Å². The summed E-state index contributed by atoms with van der Waals surface area (Å²) in [5.74, 6) is 5.71. The van der Waals surface area contributed by atoms with Crippen molar-refractivity contribution < 1.29 is 0 Å². The number of hydrogen-bond donors (Lipinski definition) is 0. The monoisotopic (exact) mass is 206 g/mol. The molecule has 0 saturated heterocycles. The standard InChI is InChI=1S/C15H26/c1-2-11-9-13-7-3-5-12-6-4-8-14(10-11)15(12)13/h11-15H,2-10H2,1H3. The van der Waals surface area contributed by atoms with Gasteiger partial charge in [-0.1, -0.05) is 51.9 Å². The third-order valence-corrected chi connectivity index (χ3v) is 5.78. The van der Waals surface area contributed by atoms with E-state index in [1.165, 1.54) is 12.3 Å². The highest BCUT2D eigenvalue weighted by Crippen LogP contribution is 2.54. The van der Waals surface area contributed by atoms with Crippen molar-refractivity contribution in [1.82, 2.24) is 0 Å². The molecule has 3 aliphatic rings. The summed E-state index contributed by atoms with van der Waals surface area (Å²) in [6.07, 6.45) is 14.0. The van der Waals surface area contributed by atoms with Gasteiger partial charge in [0.25, 0.3) is 0 Å². The molecule has 2 unspecified atom stereocenters. The van der Waals surface area contributed by atoms with Crippen LogP contribution in [0.2, 0.25) is 0 Å². The summed E-state index contributed by atoms with van der Waals surface area (Å²) in [5.41, 5.74) is 0. The van der Waals surface area contributed by atoms with Gasteiger partial charge in [0.1, 0.15) is 0 Å². The van der Waals surface area contributed by atoms with E-state index in [0.717, 1.165) is 23.7 Å². The summed E-state index contributed by atoms with van der Waals surface area (Å²) in [4.78, 5) is 0. The van der Waals surface area contributed by atoms with Gasteiger partial charge in [0.15, 0.2) is 0 Å². The Morgan fingerprint density at radius 2 is 1.33 bits per heavy atom. The Morgan fingerprint density at radius 1 is 0.800 bits per heavy atom. The van der Waals surface area contributed by atoms with E-state index in [-0.39, 0.29) is 0 Å². The zero-order valence-corrected chi connectivity index (χ0v) is 10.3. The van der Waals surface area contributed by atoms with E-state index in [4.69, 9.17) is 0 Å². The molecule has 0 aliphatic heterocycles. The van der Waals surface area contributed by atoms with Crippen molar-refractivity contribution >= 4 is 0 Å². The third-order valence-electron chi connectivity index (χ3n) is 5.78. The fraction of sp³-hybridized carbons (Fsp3) is 1.00. The fourth-order valence-corrected chi connectivity index (χ4v) is 5.19. The molecule has 0 aromatic heterocycles. The topological polar surface area (TPSA) is 0 Å². The Bertz CT molecular complexity index is 200. The van der Waals surface area contributed by atoms with Gasteiger partial charge in [-0.15, -0.1) is 0 Å². The van der Waals surface area contributed by atoms with Crippen LogP contribution in [0.3, 0.4) is 0 Å². The van der Waals surface area contributed by atoms with Gasteiger partial charge in [-0.2, -0.15) is 0 Å². The van der Waals surface area contributed by atoms with Gasteiger partial charge in [0, 0.05) is 0 Å². The van der Waals surface area contributed by atoms with Crippen molar-refractivity contribution in [2.24, 2.45) is 29.6 Å². The largest absolute Gasteiger partial charge is 0.0651 e. The van der Waals surface area contributed by atoms with Crippen molar-refractivity contribution in [2.45, 2.75) is 64.7 Å². The molecule has 2 atom stereocenters. The molecular formula is C15H26. The van der Waals surface area contributed by atoms with Crippen molar-refractivity contribution in [1.29, 1.82) is 0 Å². The molecule has 3 rings (SSSR count). The molecule has 0 nitrogen and oxygen atoms in total. The van der Waals surface area contributed by atoms with Crippen LogP contribution in [0.5, 0.6) is 0 Å². The number of hydrogen-bond acceptors (Lipinski definition) is 0. The maximum Gasteiger partial charge on any atom is -0.0329 e. The van der Waals surface area contributed by atoms with Crippen molar-refractivity contribution in [2.75, 3.05) is 0 Å². The summed E-state index contributed by atoms with van der Waals surface area (Å²) in [5, 5.41) is 0. The van der Waals surface area contributed by atoms with E-state index in [2.05, 4.69) is 6.92 Å². The molecule has 0 heterocycles. The van der Waals surface area contributed by atoms with Crippen LogP contribution >= 0.6 is 0 Å². The van der Waals surface area contributed by atoms with Crippen LogP contribution in [0, 0.1) is 29.6 Å². The first-order valence-electron chi connectivity index (χ1n) is 7.38. The highest BCUT2D eigenvalue weighted by Gasteiger charge is 2.44. The second-order valence-electron chi connectivity index (χ2n) is 6.47. The lowest BCUT2D eigenvalue weighted by molar-refractivity contribution is -0.0114. The molecule has 86 valence electrons. The average Bonchev–Trinajstić information content (AvgIpc) is 2.29. The van der Waals surface area contributed by atoms with E-state index in [9.17, 15) is 0 Å². The first kappa shape index (κ1) is 10.2. The van der Waals surface area contributed by atoms with E-state index >= 15 is 0 Å². The Hall–Kier alpha value is 0. The quantitative estimate of drug-likeness (QED) is 0.586. The summed E-state index contributed by atoms with van der Waals surface area (Å²) in [6.45, 7) is 2.41. The molecule has 0 radical (unpaired) electrons. The normalized spacial score (nSPS) is 49.8. The fourth-order valence-electron chi connectivity index (χ4n) is 5.19. The lowest BCUT2D eigenvalue weighted by Gasteiger charge is -2.51. The summed E-state index contributed by atoms with van der Waals surface area (Å²) < 4.78 is 0. The molecule has 0 amide bonds. The van der Waals surface area contributed by atoms with Crippen LogP contribution in [0.25, 0.3) is 0 Å². The van der Waals surface area contributed by atoms with E-state index < -0.39 is 0 Å². The average molecular weight is 206 g/mol. The highest BCUT2D eigenvalue weighted by molar-refractivity contribution is 4.94. The minimum Gasteiger partial charge on any atom is -0.0651 e. The molecule has 0 spiro atoms. The molecule has 0 aromatic rings. The Balaban J connectivity index is 1.78. The Kier molecular flexibility index (Phi) is 2.79. The first-order valence-corrected chi connectivity index (χ1v) is 7.38. The molecule has 15 heavy (non-hydrogen) atoms. The summed E-state index contributed by atoms with van der Waals surface area (Å²) >= 11 is 0. The zero-order valence-electron chi connectivity index (χ0n) is 10.3. The second-order valence-corrected chi connectivity index (χ2v) is 6.47. The lowest BCUT2D eigenvalue weighted by atomic mass is 9.54. The molecule has 0 bridgehead atoms. The van der Waals surface area contributed by atoms with Crippen LogP contribution in [0.15, 0.2) is 0 Å². The zero-order chi connectivity index (χ0) is 10.3. The van der Waals surface area contributed by atoms with Crippen molar-refractivity contribution in [3.05, 3.63) is 0 Å². The van der Waals surface area contributed by atoms with Crippen LogP contribution < -0.4 is 0 Å². The molecule has 0 aromatic carbocycles. The predicted octanol–water partition coefficient (Wildman–Crippen LogP) is 4.64. The van der Waals surface area contributed by atoms with Crippen LogP contribution in [0.1, 0.15) is 64.7 Å². The van der Waals surface area contributed by atoms with Gasteiger partial charge in [0.05, 0.1) is 0 Å². The molecular weight excluding hydrogens is 180 g/mol. The molecule has 3 fully saturated rings. The Labute approximate surface area is 94.8 Å². The highest BCUT2D eigenvalue weighted by atomic mass is 14.5. The molecule has 0 heteroatoms. The maximum atomic E-state index is 2.41.